The van der Waals surface area contributed by atoms with Crippen LogP contribution in [-0.2, 0) is 17.8 Å². The van der Waals surface area contributed by atoms with E-state index in [1.807, 2.05) is 19.9 Å². The van der Waals surface area contributed by atoms with E-state index in [2.05, 4.69) is 27.3 Å². The van der Waals surface area contributed by atoms with E-state index >= 15 is 0 Å². The fraction of sp³-hybridized carbons (Fsp3) is 0.533. The zero-order valence-corrected chi connectivity index (χ0v) is 13.5. The van der Waals surface area contributed by atoms with Crippen molar-refractivity contribution in [2.24, 2.45) is 5.73 Å². The molecule has 1 aliphatic rings. The van der Waals surface area contributed by atoms with Crippen LogP contribution >= 0.6 is 15.9 Å². The van der Waals surface area contributed by atoms with Gasteiger partial charge in [-0.1, -0.05) is 29.8 Å². The molecule has 2 rings (SSSR count). The van der Waals surface area contributed by atoms with Gasteiger partial charge in [0.1, 0.15) is 5.75 Å². The van der Waals surface area contributed by atoms with Crippen LogP contribution in [0.5, 0.6) is 5.75 Å². The number of carbonyl (C=O) groups is 1. The van der Waals surface area contributed by atoms with Crippen molar-refractivity contribution in [3.63, 3.8) is 0 Å². The molecule has 1 aromatic rings. The minimum Gasteiger partial charge on any atom is -0.493 e. The quantitative estimate of drug-likeness (QED) is 0.865. The Hall–Kier alpha value is -1.07. The first kappa shape index (κ1) is 15.3. The second-order valence-electron chi connectivity index (χ2n) is 5.20. The molecule has 5 heteroatoms. The molecule has 0 spiro atoms. The van der Waals surface area contributed by atoms with Gasteiger partial charge in [0.25, 0.3) is 0 Å². The average Bonchev–Trinajstić information content (AvgIpc) is 2.91. The molecule has 0 aromatic heterocycles. The first-order chi connectivity index (χ1) is 9.50. The number of ether oxygens (including phenoxy) is 1. The van der Waals surface area contributed by atoms with E-state index in [1.54, 1.807) is 0 Å². The predicted octanol–water partition coefficient (Wildman–Crippen LogP) is 2.52. The Kier molecular flexibility index (Phi) is 4.70. The summed E-state index contributed by atoms with van der Waals surface area (Å²) in [7, 11) is 0. The summed E-state index contributed by atoms with van der Waals surface area (Å²) in [5, 5.41) is 2.93. The topological polar surface area (TPSA) is 64.4 Å². The van der Waals surface area contributed by atoms with Crippen LogP contribution in [0, 0.1) is 0 Å². The van der Waals surface area contributed by atoms with Crippen molar-refractivity contribution in [2.75, 3.05) is 6.61 Å². The largest absolute Gasteiger partial charge is 0.493 e. The molecule has 0 saturated heterocycles. The highest BCUT2D eigenvalue weighted by Crippen LogP contribution is 2.32. The minimum atomic E-state index is -0.782. The molecule has 20 heavy (non-hydrogen) atoms. The molecule has 0 fully saturated rings. The number of halogens is 1. The lowest BCUT2D eigenvalue weighted by atomic mass is 9.93. The van der Waals surface area contributed by atoms with E-state index in [1.165, 1.54) is 5.56 Å². The van der Waals surface area contributed by atoms with E-state index < -0.39 is 5.54 Å². The molecule has 0 unspecified atom stereocenters. The summed E-state index contributed by atoms with van der Waals surface area (Å²) in [5.41, 5.74) is 7.50. The molecule has 0 bridgehead atoms. The van der Waals surface area contributed by atoms with Gasteiger partial charge in [0.2, 0.25) is 5.91 Å². The Bertz CT molecular complexity index is 513. The normalized spacial score (nSPS) is 13.8. The van der Waals surface area contributed by atoms with Gasteiger partial charge in [0, 0.05) is 23.0 Å². The Morgan fingerprint density at radius 2 is 2.15 bits per heavy atom. The van der Waals surface area contributed by atoms with Crippen LogP contribution in [0.15, 0.2) is 16.6 Å². The molecule has 3 N–H and O–H groups in total. The summed E-state index contributed by atoms with van der Waals surface area (Å²) in [4.78, 5) is 12.2. The van der Waals surface area contributed by atoms with Crippen LogP contribution in [0.4, 0.5) is 0 Å². The van der Waals surface area contributed by atoms with Crippen molar-refractivity contribution in [3.8, 4) is 5.75 Å². The third kappa shape index (κ3) is 2.99. The van der Waals surface area contributed by atoms with Crippen molar-refractivity contribution in [3.05, 3.63) is 27.7 Å². The van der Waals surface area contributed by atoms with Gasteiger partial charge in [-0.3, -0.25) is 4.79 Å². The number of fused-ring (bicyclic) bond motifs is 1. The average molecular weight is 341 g/mol. The van der Waals surface area contributed by atoms with Crippen LogP contribution in [0.25, 0.3) is 0 Å². The number of hydrogen-bond acceptors (Lipinski definition) is 3. The highest BCUT2D eigenvalue weighted by atomic mass is 79.9. The number of nitrogens with one attached hydrogen (secondary N) is 1. The number of hydrogen-bond donors (Lipinski definition) is 2. The highest BCUT2D eigenvalue weighted by molar-refractivity contribution is 9.10. The van der Waals surface area contributed by atoms with Crippen LogP contribution in [0.2, 0.25) is 0 Å². The lowest BCUT2D eigenvalue weighted by molar-refractivity contribution is -0.126. The fourth-order valence-corrected chi connectivity index (χ4v) is 2.95. The molecule has 0 radical (unpaired) electrons. The van der Waals surface area contributed by atoms with E-state index in [9.17, 15) is 4.79 Å². The molecular weight excluding hydrogens is 320 g/mol. The molecular formula is C15H21BrN2O2. The van der Waals surface area contributed by atoms with Gasteiger partial charge in [-0.2, -0.15) is 0 Å². The highest BCUT2D eigenvalue weighted by Gasteiger charge is 2.30. The van der Waals surface area contributed by atoms with E-state index in [4.69, 9.17) is 10.5 Å². The molecule has 0 atom stereocenters. The molecule has 1 heterocycles. The Balaban J connectivity index is 2.10. The Morgan fingerprint density at radius 3 is 2.80 bits per heavy atom. The monoisotopic (exact) mass is 340 g/mol. The summed E-state index contributed by atoms with van der Waals surface area (Å²) in [6, 6.07) is 4.06. The minimum absolute atomic E-state index is 0.103. The number of amides is 1. The molecule has 1 aliphatic heterocycles. The van der Waals surface area contributed by atoms with Gasteiger partial charge in [-0.25, -0.2) is 0 Å². The van der Waals surface area contributed by atoms with Crippen LogP contribution in [0.1, 0.15) is 37.8 Å². The van der Waals surface area contributed by atoms with Crippen molar-refractivity contribution in [1.82, 2.24) is 5.32 Å². The summed E-state index contributed by atoms with van der Waals surface area (Å²) < 4.78 is 6.66. The molecule has 1 amide bonds. The summed E-state index contributed by atoms with van der Waals surface area (Å²) >= 11 is 3.50. The zero-order chi connectivity index (χ0) is 14.8. The van der Waals surface area contributed by atoms with Crippen LogP contribution in [0.3, 0.4) is 0 Å². The maximum Gasteiger partial charge on any atom is 0.240 e. The van der Waals surface area contributed by atoms with Gasteiger partial charge in [-0.15, -0.1) is 0 Å². The van der Waals surface area contributed by atoms with Crippen LogP contribution < -0.4 is 15.8 Å². The third-order valence-electron chi connectivity index (χ3n) is 3.98. The second kappa shape index (κ2) is 6.14. The fourth-order valence-electron chi connectivity index (χ4n) is 2.40. The van der Waals surface area contributed by atoms with Gasteiger partial charge < -0.3 is 15.8 Å². The lowest BCUT2D eigenvalue weighted by Gasteiger charge is -2.25. The third-order valence-corrected chi connectivity index (χ3v) is 4.44. The zero-order valence-electron chi connectivity index (χ0n) is 12.0. The number of carbonyl (C=O) groups excluding carboxylic acids is 1. The second-order valence-corrected chi connectivity index (χ2v) is 6.11. The Morgan fingerprint density at radius 1 is 1.45 bits per heavy atom. The maximum absolute atomic E-state index is 12.2. The molecule has 0 aliphatic carbocycles. The number of nitrogens with two attached hydrogens (primary N) is 1. The Labute approximate surface area is 128 Å². The molecule has 110 valence electrons. The SMILES string of the molecule is CCC(N)(CC)C(=O)NCc1cc(Br)cc2c1OCC2. The van der Waals surface area contributed by atoms with E-state index in [-0.39, 0.29) is 5.91 Å². The van der Waals surface area contributed by atoms with Crippen molar-refractivity contribution in [2.45, 2.75) is 45.2 Å². The van der Waals surface area contributed by atoms with E-state index in [0.717, 1.165) is 22.2 Å². The number of benzene rings is 1. The van der Waals surface area contributed by atoms with Crippen molar-refractivity contribution >= 4 is 21.8 Å². The summed E-state index contributed by atoms with van der Waals surface area (Å²) in [6.45, 7) is 5.02. The lowest BCUT2D eigenvalue weighted by Crippen LogP contribution is -2.52. The standard InChI is InChI=1S/C15H21BrN2O2/c1-3-15(17,4-2)14(19)18-9-11-8-12(16)7-10-5-6-20-13(10)11/h7-8H,3-6,9,17H2,1-2H3,(H,18,19). The van der Waals surface area contributed by atoms with Gasteiger partial charge in [0.05, 0.1) is 12.1 Å². The first-order valence-electron chi connectivity index (χ1n) is 7.01. The summed E-state index contributed by atoms with van der Waals surface area (Å²) in [5.74, 6) is 0.804. The first-order valence-corrected chi connectivity index (χ1v) is 7.80. The van der Waals surface area contributed by atoms with E-state index in [0.29, 0.717) is 26.0 Å². The van der Waals surface area contributed by atoms with Crippen molar-refractivity contribution in [1.29, 1.82) is 0 Å². The number of rotatable bonds is 5. The summed E-state index contributed by atoms with van der Waals surface area (Å²) in [6.07, 6.45) is 2.17. The molecule has 4 nitrogen and oxygen atoms in total. The maximum atomic E-state index is 12.2. The van der Waals surface area contributed by atoms with Crippen LogP contribution in [-0.4, -0.2) is 18.1 Å². The van der Waals surface area contributed by atoms with Gasteiger partial charge in [-0.05, 0) is 30.5 Å². The molecule has 0 saturated carbocycles. The smallest absolute Gasteiger partial charge is 0.240 e. The van der Waals surface area contributed by atoms with Gasteiger partial charge in [0.15, 0.2) is 0 Å². The predicted molar refractivity (Wildman–Crippen MR) is 82.7 cm³/mol. The molecule has 1 aromatic carbocycles. The van der Waals surface area contributed by atoms with Gasteiger partial charge >= 0.3 is 0 Å². The van der Waals surface area contributed by atoms with Crippen molar-refractivity contribution < 1.29 is 9.53 Å².